The summed E-state index contributed by atoms with van der Waals surface area (Å²) in [6.45, 7) is 1.96. The van der Waals surface area contributed by atoms with Crippen LogP contribution in [0.2, 0.25) is 0 Å². The lowest BCUT2D eigenvalue weighted by Gasteiger charge is -2.46. The standard InChI is InChI=1S/C27H34F3N3O5S3/c1-26(34,27(28,29)30)20-8-10-21(11-9-20)33-13-12-32(41(37,38)25-5-3-2-4-24(25)39)17-22(33)16-31-14-15-40(35,36)18-23(31)19-6-7-19/h2-5,8-11,19,22-23,34,39H,6-7,12-18H2,1H3/t22-,23-,26-/m0/s1. The molecule has 226 valence electrons. The molecule has 0 bridgehead atoms. The number of benzene rings is 2. The lowest BCUT2D eigenvalue weighted by Crippen LogP contribution is -2.61. The van der Waals surface area contributed by atoms with Crippen molar-refractivity contribution in [3.63, 3.8) is 0 Å². The van der Waals surface area contributed by atoms with Crippen LogP contribution in [0.4, 0.5) is 18.9 Å². The van der Waals surface area contributed by atoms with E-state index >= 15 is 0 Å². The zero-order valence-corrected chi connectivity index (χ0v) is 25.1. The van der Waals surface area contributed by atoms with Crippen LogP contribution >= 0.6 is 12.6 Å². The van der Waals surface area contributed by atoms with Crippen molar-refractivity contribution in [2.75, 3.05) is 49.1 Å². The van der Waals surface area contributed by atoms with Crippen LogP contribution in [-0.4, -0.2) is 93.6 Å². The molecule has 14 heteroatoms. The maximum absolute atomic E-state index is 13.6. The molecule has 0 spiro atoms. The number of alkyl halides is 3. The van der Waals surface area contributed by atoms with Crippen molar-refractivity contribution in [2.24, 2.45) is 5.92 Å². The van der Waals surface area contributed by atoms with E-state index in [1.54, 1.807) is 18.2 Å². The van der Waals surface area contributed by atoms with Crippen molar-refractivity contribution in [1.82, 2.24) is 9.21 Å². The molecule has 5 rings (SSSR count). The largest absolute Gasteiger partial charge is 0.421 e. The Labute approximate surface area is 244 Å². The second kappa shape index (κ2) is 11.0. The van der Waals surface area contributed by atoms with E-state index in [9.17, 15) is 35.1 Å². The van der Waals surface area contributed by atoms with E-state index in [2.05, 4.69) is 17.5 Å². The first-order chi connectivity index (χ1) is 19.1. The first-order valence-electron chi connectivity index (χ1n) is 13.5. The predicted octanol–water partition coefficient (Wildman–Crippen LogP) is 3.13. The highest BCUT2D eigenvalue weighted by Crippen LogP contribution is 2.40. The number of hydrogen-bond acceptors (Lipinski definition) is 8. The number of aliphatic hydroxyl groups is 1. The fourth-order valence-corrected chi connectivity index (χ4v) is 9.52. The van der Waals surface area contributed by atoms with E-state index in [1.807, 2.05) is 4.90 Å². The van der Waals surface area contributed by atoms with Gasteiger partial charge in [0.25, 0.3) is 0 Å². The fourth-order valence-electron chi connectivity index (χ4n) is 5.78. The van der Waals surface area contributed by atoms with Crippen molar-refractivity contribution >= 4 is 38.2 Å². The molecular weight excluding hydrogens is 600 g/mol. The smallest absolute Gasteiger partial charge is 0.376 e. The average molecular weight is 634 g/mol. The van der Waals surface area contributed by atoms with Gasteiger partial charge in [0.1, 0.15) is 0 Å². The Bertz CT molecular complexity index is 1480. The van der Waals surface area contributed by atoms with Gasteiger partial charge in [-0.05, 0) is 55.5 Å². The van der Waals surface area contributed by atoms with Crippen LogP contribution in [-0.2, 0) is 25.5 Å². The molecule has 1 aliphatic carbocycles. The third-order valence-corrected chi connectivity index (χ3v) is 12.6. The number of thiol groups is 1. The Hall–Kier alpha value is -1.84. The van der Waals surface area contributed by atoms with Crippen LogP contribution in [0.1, 0.15) is 25.3 Å². The minimum absolute atomic E-state index is 0.0270. The molecule has 41 heavy (non-hydrogen) atoms. The molecule has 2 heterocycles. The molecule has 0 radical (unpaired) electrons. The normalized spacial score (nSPS) is 26.0. The van der Waals surface area contributed by atoms with Crippen LogP contribution in [0.15, 0.2) is 58.3 Å². The van der Waals surface area contributed by atoms with Gasteiger partial charge in [0.2, 0.25) is 10.0 Å². The molecule has 2 aliphatic heterocycles. The van der Waals surface area contributed by atoms with Crippen LogP contribution in [0.5, 0.6) is 0 Å². The number of sulfone groups is 1. The summed E-state index contributed by atoms with van der Waals surface area (Å²) in [6.07, 6.45) is -2.96. The average Bonchev–Trinajstić information content (AvgIpc) is 3.75. The molecule has 0 aromatic heterocycles. The zero-order chi connectivity index (χ0) is 29.8. The van der Waals surface area contributed by atoms with E-state index < -0.39 is 37.7 Å². The molecule has 3 fully saturated rings. The van der Waals surface area contributed by atoms with E-state index in [0.717, 1.165) is 12.8 Å². The van der Waals surface area contributed by atoms with Gasteiger partial charge in [-0.1, -0.05) is 24.3 Å². The third kappa shape index (κ3) is 6.28. The highest BCUT2D eigenvalue weighted by atomic mass is 32.2. The zero-order valence-electron chi connectivity index (χ0n) is 22.5. The van der Waals surface area contributed by atoms with Crippen molar-refractivity contribution in [2.45, 2.75) is 53.4 Å². The Balaban J connectivity index is 1.45. The minimum Gasteiger partial charge on any atom is -0.376 e. The summed E-state index contributed by atoms with van der Waals surface area (Å²) in [4.78, 5) is 4.53. The molecular formula is C27H34F3N3O5S3. The third-order valence-electron chi connectivity index (χ3n) is 8.44. The van der Waals surface area contributed by atoms with Crippen LogP contribution < -0.4 is 4.90 Å². The van der Waals surface area contributed by atoms with Gasteiger partial charge in [0.05, 0.1) is 22.4 Å². The van der Waals surface area contributed by atoms with Crippen molar-refractivity contribution in [1.29, 1.82) is 0 Å². The van der Waals surface area contributed by atoms with Gasteiger partial charge in [0, 0.05) is 49.3 Å². The van der Waals surface area contributed by atoms with Crippen molar-refractivity contribution < 1.29 is 35.1 Å². The molecule has 1 N–H and O–H groups in total. The Morgan fingerprint density at radius 2 is 1.68 bits per heavy atom. The SMILES string of the molecule is C[C@](O)(c1ccc(N2CCN(S(=O)(=O)c3ccccc3S)C[C@@H]2CN2CCS(=O)(=O)C[C@H]2C2CC2)cc1)C(F)(F)F. The minimum atomic E-state index is -4.85. The second-order valence-corrected chi connectivity index (χ2v) is 15.9. The lowest BCUT2D eigenvalue weighted by molar-refractivity contribution is -0.258. The lowest BCUT2D eigenvalue weighted by atomic mass is 9.95. The number of hydrogen-bond donors (Lipinski definition) is 2. The summed E-state index contributed by atoms with van der Waals surface area (Å²) in [7, 11) is -7.06. The molecule has 2 aromatic carbocycles. The summed E-state index contributed by atoms with van der Waals surface area (Å²) in [5.74, 6) is 0.377. The fraction of sp³-hybridized carbons (Fsp3) is 0.556. The summed E-state index contributed by atoms with van der Waals surface area (Å²) < 4.78 is 93.8. The number of piperazine rings is 1. The molecule has 3 aliphatic rings. The van der Waals surface area contributed by atoms with E-state index in [4.69, 9.17) is 0 Å². The van der Waals surface area contributed by atoms with E-state index in [0.29, 0.717) is 30.6 Å². The van der Waals surface area contributed by atoms with Gasteiger partial charge in [-0.15, -0.1) is 12.6 Å². The first kappa shape index (κ1) is 30.6. The topological polar surface area (TPSA) is 98.2 Å². The maximum Gasteiger partial charge on any atom is 0.421 e. The maximum atomic E-state index is 13.6. The quantitative estimate of drug-likeness (QED) is 0.453. The molecule has 3 atom stereocenters. The Morgan fingerprint density at radius 3 is 2.29 bits per heavy atom. The van der Waals surface area contributed by atoms with Crippen LogP contribution in [0.3, 0.4) is 0 Å². The van der Waals surface area contributed by atoms with Crippen molar-refractivity contribution in [3.05, 3.63) is 54.1 Å². The second-order valence-electron chi connectivity index (χ2n) is 11.3. The molecule has 2 saturated heterocycles. The summed E-state index contributed by atoms with van der Waals surface area (Å²) in [6, 6.07) is 11.4. The van der Waals surface area contributed by atoms with Crippen LogP contribution in [0.25, 0.3) is 0 Å². The first-order valence-corrected chi connectivity index (χ1v) is 17.2. The van der Waals surface area contributed by atoms with E-state index in [-0.39, 0.29) is 53.6 Å². The number of nitrogens with zero attached hydrogens (tertiary/aromatic N) is 3. The van der Waals surface area contributed by atoms with Gasteiger partial charge in [-0.3, -0.25) is 4.90 Å². The number of sulfonamides is 1. The monoisotopic (exact) mass is 633 g/mol. The molecule has 2 aromatic rings. The molecule has 0 unspecified atom stereocenters. The van der Waals surface area contributed by atoms with Crippen molar-refractivity contribution in [3.8, 4) is 0 Å². The van der Waals surface area contributed by atoms with Gasteiger partial charge >= 0.3 is 6.18 Å². The number of anilines is 1. The van der Waals surface area contributed by atoms with Gasteiger partial charge in [-0.2, -0.15) is 17.5 Å². The predicted molar refractivity (Wildman–Crippen MR) is 152 cm³/mol. The summed E-state index contributed by atoms with van der Waals surface area (Å²) in [5.41, 5.74) is -2.72. The Morgan fingerprint density at radius 1 is 1.02 bits per heavy atom. The number of rotatable bonds is 7. The van der Waals surface area contributed by atoms with Gasteiger partial charge in [-0.25, -0.2) is 16.8 Å². The van der Waals surface area contributed by atoms with Gasteiger partial charge in [0.15, 0.2) is 15.4 Å². The molecule has 1 saturated carbocycles. The van der Waals surface area contributed by atoms with Gasteiger partial charge < -0.3 is 10.0 Å². The highest BCUT2D eigenvalue weighted by Gasteiger charge is 2.51. The summed E-state index contributed by atoms with van der Waals surface area (Å²) in [5, 5.41) is 10.1. The van der Waals surface area contributed by atoms with E-state index in [1.165, 1.54) is 34.6 Å². The van der Waals surface area contributed by atoms with Crippen LogP contribution in [0, 0.1) is 5.92 Å². The Kier molecular flexibility index (Phi) is 8.23. The highest BCUT2D eigenvalue weighted by molar-refractivity contribution is 7.91. The molecule has 0 amide bonds. The summed E-state index contributed by atoms with van der Waals surface area (Å²) >= 11 is 4.34. The molecule has 8 nitrogen and oxygen atoms in total. The number of halogens is 3.